The van der Waals surface area contributed by atoms with E-state index in [2.05, 4.69) is 16.7 Å². The van der Waals surface area contributed by atoms with Gasteiger partial charge >= 0.3 is 0 Å². The zero-order chi connectivity index (χ0) is 12.1. The lowest BCUT2D eigenvalue weighted by Crippen LogP contribution is -2.13. The molecule has 0 amide bonds. The van der Waals surface area contributed by atoms with E-state index in [9.17, 15) is 0 Å². The van der Waals surface area contributed by atoms with Gasteiger partial charge in [-0.15, -0.1) is 0 Å². The Labute approximate surface area is 96.9 Å². The molecule has 0 spiro atoms. The minimum absolute atomic E-state index is 0.0205. The van der Waals surface area contributed by atoms with Crippen LogP contribution >= 0.6 is 0 Å². The van der Waals surface area contributed by atoms with Crippen LogP contribution in [0, 0.1) is 0 Å². The maximum atomic E-state index is 5.14. The van der Waals surface area contributed by atoms with E-state index in [0.29, 0.717) is 0 Å². The summed E-state index contributed by atoms with van der Waals surface area (Å²) < 4.78 is 0. The van der Waals surface area contributed by atoms with Gasteiger partial charge in [0.1, 0.15) is 6.10 Å². The maximum absolute atomic E-state index is 5.14. The van der Waals surface area contributed by atoms with Crippen LogP contribution < -0.4 is 0 Å². The molecule has 1 aliphatic heterocycles. The third-order valence-electron chi connectivity index (χ3n) is 2.14. The van der Waals surface area contributed by atoms with Gasteiger partial charge in [0.25, 0.3) is 0 Å². The van der Waals surface area contributed by atoms with Crippen LogP contribution in [0.25, 0.3) is 0 Å². The average Bonchev–Trinajstić information content (AvgIpc) is 2.21. The van der Waals surface area contributed by atoms with E-state index < -0.39 is 0 Å². The van der Waals surface area contributed by atoms with Crippen LogP contribution in [0.5, 0.6) is 0 Å². The highest BCUT2D eigenvalue weighted by molar-refractivity contribution is 6.02. The van der Waals surface area contributed by atoms with Gasteiger partial charge in [-0.3, -0.25) is 4.99 Å². The zero-order valence-corrected chi connectivity index (χ0v) is 10.3. The largest absolute Gasteiger partial charge is 0.388 e. The predicted octanol–water partition coefficient (Wildman–Crippen LogP) is 3.26. The van der Waals surface area contributed by atoms with Crippen LogP contribution in [0.15, 0.2) is 45.7 Å². The van der Waals surface area contributed by atoms with Crippen LogP contribution in [0.2, 0.25) is 0 Å². The first kappa shape index (κ1) is 12.4. The predicted molar refractivity (Wildman–Crippen MR) is 68.8 cm³/mol. The van der Waals surface area contributed by atoms with E-state index in [1.54, 1.807) is 6.21 Å². The standard InChI is InChI=1S/C13H18N2O/c1-9(2)7-14-8-10(3)13-6-11(4)16-15-12(13)5/h6-8,11H,1H2,2-5H3/b10-8+,14-7?. The Morgan fingerprint density at radius 1 is 1.56 bits per heavy atom. The molecule has 0 radical (unpaired) electrons. The third kappa shape index (κ3) is 3.50. The lowest BCUT2D eigenvalue weighted by Gasteiger charge is -2.16. The number of hydrogen-bond donors (Lipinski definition) is 0. The summed E-state index contributed by atoms with van der Waals surface area (Å²) in [7, 11) is 0. The molecule has 0 N–H and O–H groups in total. The Hall–Kier alpha value is -1.64. The molecule has 1 heterocycles. The van der Waals surface area contributed by atoms with Gasteiger partial charge in [0.2, 0.25) is 0 Å². The number of allylic oxidation sites excluding steroid dienone is 3. The summed E-state index contributed by atoms with van der Waals surface area (Å²) in [5, 5.41) is 3.99. The highest BCUT2D eigenvalue weighted by Gasteiger charge is 2.13. The molecule has 16 heavy (non-hydrogen) atoms. The average molecular weight is 218 g/mol. The number of rotatable bonds is 3. The first-order valence-corrected chi connectivity index (χ1v) is 5.29. The summed E-state index contributed by atoms with van der Waals surface area (Å²) in [6.07, 6.45) is 5.62. The summed E-state index contributed by atoms with van der Waals surface area (Å²) in [6.45, 7) is 11.6. The summed E-state index contributed by atoms with van der Waals surface area (Å²) in [4.78, 5) is 9.33. The molecule has 0 fully saturated rings. The molecule has 1 unspecified atom stereocenters. The highest BCUT2D eigenvalue weighted by Crippen LogP contribution is 2.18. The third-order valence-corrected chi connectivity index (χ3v) is 2.14. The maximum Gasteiger partial charge on any atom is 0.143 e. The van der Waals surface area contributed by atoms with Crippen molar-refractivity contribution in [3.8, 4) is 0 Å². The van der Waals surface area contributed by atoms with E-state index in [0.717, 1.165) is 22.4 Å². The number of hydrogen-bond acceptors (Lipinski definition) is 3. The van der Waals surface area contributed by atoms with Gasteiger partial charge in [-0.25, -0.2) is 0 Å². The monoisotopic (exact) mass is 218 g/mol. The molecule has 0 saturated carbocycles. The van der Waals surface area contributed by atoms with Gasteiger partial charge in [0, 0.05) is 18.0 Å². The highest BCUT2D eigenvalue weighted by atomic mass is 16.6. The molecule has 0 aromatic rings. The van der Waals surface area contributed by atoms with Crippen molar-refractivity contribution in [2.45, 2.75) is 33.8 Å². The first-order valence-electron chi connectivity index (χ1n) is 5.29. The second kappa shape index (κ2) is 5.45. The number of nitrogens with zero attached hydrogens (tertiary/aromatic N) is 2. The molecular weight excluding hydrogens is 200 g/mol. The molecule has 0 aromatic heterocycles. The van der Waals surface area contributed by atoms with E-state index in [-0.39, 0.29) is 6.10 Å². The van der Waals surface area contributed by atoms with Crippen molar-refractivity contribution in [1.29, 1.82) is 0 Å². The van der Waals surface area contributed by atoms with E-state index in [1.165, 1.54) is 0 Å². The molecule has 1 atom stereocenters. The van der Waals surface area contributed by atoms with Crippen molar-refractivity contribution >= 4 is 11.9 Å². The molecule has 3 heteroatoms. The number of oxime groups is 1. The van der Waals surface area contributed by atoms with Crippen molar-refractivity contribution in [1.82, 2.24) is 0 Å². The lowest BCUT2D eigenvalue weighted by molar-refractivity contribution is 0.102. The van der Waals surface area contributed by atoms with Crippen LogP contribution in [-0.4, -0.2) is 18.0 Å². The summed E-state index contributed by atoms with van der Waals surface area (Å²) in [5.41, 5.74) is 3.99. The summed E-state index contributed by atoms with van der Waals surface area (Å²) in [6, 6.07) is 0. The van der Waals surface area contributed by atoms with Crippen LogP contribution in [-0.2, 0) is 4.84 Å². The summed E-state index contributed by atoms with van der Waals surface area (Å²) in [5.74, 6) is 0. The lowest BCUT2D eigenvalue weighted by atomic mass is 10.0. The number of aliphatic imine (C=N–C) groups is 1. The molecule has 0 aromatic carbocycles. The van der Waals surface area contributed by atoms with Crippen LogP contribution in [0.1, 0.15) is 27.7 Å². The fourth-order valence-electron chi connectivity index (χ4n) is 1.36. The molecule has 0 aliphatic carbocycles. The summed E-state index contributed by atoms with van der Waals surface area (Å²) >= 11 is 0. The van der Waals surface area contributed by atoms with Crippen molar-refractivity contribution in [3.05, 3.63) is 35.6 Å². The fraction of sp³-hybridized carbons (Fsp3) is 0.385. The fourth-order valence-corrected chi connectivity index (χ4v) is 1.36. The SMILES string of the molecule is C=C(C)C=N/C=C(\C)C1=CC(C)ON=C1C. The van der Waals surface area contributed by atoms with Gasteiger partial charge in [-0.1, -0.05) is 11.7 Å². The first-order chi connectivity index (χ1) is 7.50. The minimum atomic E-state index is 0.0205. The molecule has 3 nitrogen and oxygen atoms in total. The van der Waals surface area contributed by atoms with Crippen molar-refractivity contribution < 1.29 is 4.84 Å². The van der Waals surface area contributed by atoms with Gasteiger partial charge in [0.05, 0.1) is 5.71 Å². The minimum Gasteiger partial charge on any atom is -0.388 e. The Morgan fingerprint density at radius 3 is 2.88 bits per heavy atom. The topological polar surface area (TPSA) is 34.0 Å². The molecule has 0 saturated heterocycles. The molecular formula is C13H18N2O. The van der Waals surface area contributed by atoms with Crippen molar-refractivity contribution in [2.24, 2.45) is 10.1 Å². The second-order valence-corrected chi connectivity index (χ2v) is 4.00. The van der Waals surface area contributed by atoms with Crippen LogP contribution in [0.4, 0.5) is 0 Å². The van der Waals surface area contributed by atoms with Crippen molar-refractivity contribution in [2.75, 3.05) is 0 Å². The van der Waals surface area contributed by atoms with E-state index >= 15 is 0 Å². The normalized spacial score (nSPS) is 21.5. The quantitative estimate of drug-likeness (QED) is 0.669. The Bertz CT molecular complexity index is 400. The van der Waals surface area contributed by atoms with Gasteiger partial charge in [-0.2, -0.15) is 0 Å². The molecule has 1 aliphatic rings. The molecule has 0 bridgehead atoms. The van der Waals surface area contributed by atoms with E-state index in [4.69, 9.17) is 4.84 Å². The van der Waals surface area contributed by atoms with Crippen molar-refractivity contribution in [3.63, 3.8) is 0 Å². The molecule has 86 valence electrons. The van der Waals surface area contributed by atoms with E-state index in [1.807, 2.05) is 40.0 Å². The van der Waals surface area contributed by atoms with Gasteiger partial charge in [-0.05, 0) is 44.9 Å². The second-order valence-electron chi connectivity index (χ2n) is 4.00. The zero-order valence-electron chi connectivity index (χ0n) is 10.3. The van der Waals surface area contributed by atoms with Crippen LogP contribution in [0.3, 0.4) is 0 Å². The van der Waals surface area contributed by atoms with Gasteiger partial charge in [0.15, 0.2) is 0 Å². The smallest absolute Gasteiger partial charge is 0.143 e. The van der Waals surface area contributed by atoms with Gasteiger partial charge < -0.3 is 4.84 Å². The Kier molecular flexibility index (Phi) is 4.23. The Morgan fingerprint density at radius 2 is 2.25 bits per heavy atom. The Balaban J connectivity index is 2.84. The molecule has 1 rings (SSSR count).